The molecule has 0 aliphatic rings. The number of rotatable bonds is 12. The molecule has 27 heavy (non-hydrogen) atoms. The number of benzene rings is 2. The second-order valence-corrected chi connectivity index (χ2v) is 6.31. The highest BCUT2D eigenvalue weighted by Crippen LogP contribution is 2.18. The lowest BCUT2D eigenvalue weighted by Gasteiger charge is -2.31. The van der Waals surface area contributed by atoms with Gasteiger partial charge >= 0.3 is 0 Å². The molecule has 1 N–H and O–H groups in total. The average molecular weight is 373 g/mol. The van der Waals surface area contributed by atoms with Crippen molar-refractivity contribution in [3.05, 3.63) is 60.2 Å². The Labute approximate surface area is 162 Å². The molecule has 1 unspecified atom stereocenters. The number of aliphatic hydroxyl groups excluding tert-OH is 1. The normalized spacial score (nSPS) is 12.2. The number of para-hydroxylation sites is 2. The standard InChI is InChI=1S/C22H31NO4/c1-4-25-22(26-5-2)16-23(19-12-7-6-8-13-19)15-20(24)17-27-21-14-10-9-11-18(21)3/h6-14,20,22,24H,4-5,15-17H2,1-3H3. The van der Waals surface area contributed by atoms with E-state index < -0.39 is 6.10 Å². The first-order chi connectivity index (χ1) is 13.1. The minimum absolute atomic E-state index is 0.224. The second kappa shape index (κ2) is 11.6. The molecule has 0 bridgehead atoms. The molecular formula is C22H31NO4. The Hall–Kier alpha value is -2.08. The Bertz CT molecular complexity index is 644. The van der Waals surface area contributed by atoms with Crippen LogP contribution >= 0.6 is 0 Å². The molecule has 0 spiro atoms. The van der Waals surface area contributed by atoms with E-state index in [1.807, 2.05) is 75.4 Å². The van der Waals surface area contributed by atoms with Gasteiger partial charge in [0.05, 0.1) is 6.54 Å². The Morgan fingerprint density at radius 3 is 2.15 bits per heavy atom. The lowest BCUT2D eigenvalue weighted by molar-refractivity contribution is -0.129. The number of hydrogen-bond donors (Lipinski definition) is 1. The van der Waals surface area contributed by atoms with Crippen molar-refractivity contribution in [2.24, 2.45) is 0 Å². The van der Waals surface area contributed by atoms with Gasteiger partial charge in [-0.05, 0) is 44.5 Å². The van der Waals surface area contributed by atoms with Crippen molar-refractivity contribution in [1.29, 1.82) is 0 Å². The van der Waals surface area contributed by atoms with Gasteiger partial charge in [-0.15, -0.1) is 0 Å². The minimum Gasteiger partial charge on any atom is -0.491 e. The number of ether oxygens (including phenoxy) is 3. The highest BCUT2D eigenvalue weighted by atomic mass is 16.7. The van der Waals surface area contributed by atoms with E-state index in [0.29, 0.717) is 26.3 Å². The van der Waals surface area contributed by atoms with Crippen LogP contribution in [0.4, 0.5) is 5.69 Å². The van der Waals surface area contributed by atoms with Crippen molar-refractivity contribution >= 4 is 5.69 Å². The molecular weight excluding hydrogens is 342 g/mol. The van der Waals surface area contributed by atoms with Gasteiger partial charge in [-0.3, -0.25) is 0 Å². The number of nitrogens with zero attached hydrogens (tertiary/aromatic N) is 1. The van der Waals surface area contributed by atoms with Gasteiger partial charge in [0.25, 0.3) is 0 Å². The second-order valence-electron chi connectivity index (χ2n) is 6.31. The fourth-order valence-corrected chi connectivity index (χ4v) is 2.84. The molecule has 0 aliphatic carbocycles. The molecule has 0 radical (unpaired) electrons. The summed E-state index contributed by atoms with van der Waals surface area (Å²) in [6.07, 6.45) is -0.988. The van der Waals surface area contributed by atoms with Crippen LogP contribution in [0.5, 0.6) is 5.75 Å². The molecule has 5 heteroatoms. The summed E-state index contributed by atoms with van der Waals surface area (Å²) < 4.78 is 17.2. The fraction of sp³-hybridized carbons (Fsp3) is 0.455. The molecule has 2 aromatic rings. The minimum atomic E-state index is -0.645. The predicted octanol–water partition coefficient (Wildman–Crippen LogP) is 3.64. The SMILES string of the molecule is CCOC(CN(CC(O)COc1ccccc1C)c1ccccc1)OCC. The van der Waals surface area contributed by atoms with Crippen LogP contribution in [0.15, 0.2) is 54.6 Å². The maximum Gasteiger partial charge on any atom is 0.174 e. The summed E-state index contributed by atoms with van der Waals surface area (Å²) in [7, 11) is 0. The number of aryl methyl sites for hydroxylation is 1. The average Bonchev–Trinajstić information content (AvgIpc) is 2.68. The highest BCUT2D eigenvalue weighted by molar-refractivity contribution is 5.46. The van der Waals surface area contributed by atoms with Crippen LogP contribution in [0.25, 0.3) is 0 Å². The third kappa shape index (κ3) is 7.21. The molecule has 0 saturated heterocycles. The van der Waals surface area contributed by atoms with Crippen molar-refractivity contribution in [1.82, 2.24) is 0 Å². The van der Waals surface area contributed by atoms with Gasteiger partial charge in [0.1, 0.15) is 18.5 Å². The van der Waals surface area contributed by atoms with Crippen LogP contribution in [-0.2, 0) is 9.47 Å². The van der Waals surface area contributed by atoms with Gasteiger partial charge in [0, 0.05) is 25.4 Å². The van der Waals surface area contributed by atoms with Crippen LogP contribution in [0.2, 0.25) is 0 Å². The van der Waals surface area contributed by atoms with Crippen LogP contribution in [0.1, 0.15) is 19.4 Å². The zero-order chi connectivity index (χ0) is 19.5. The number of hydrogen-bond acceptors (Lipinski definition) is 5. The lowest BCUT2D eigenvalue weighted by atomic mass is 10.2. The molecule has 0 fully saturated rings. The van der Waals surface area contributed by atoms with E-state index in [-0.39, 0.29) is 12.9 Å². The quantitative estimate of drug-likeness (QED) is 0.576. The van der Waals surface area contributed by atoms with Gasteiger partial charge in [0.15, 0.2) is 6.29 Å². The summed E-state index contributed by atoms with van der Waals surface area (Å²) in [6.45, 7) is 8.22. The lowest BCUT2D eigenvalue weighted by Crippen LogP contribution is -2.41. The Morgan fingerprint density at radius 2 is 1.52 bits per heavy atom. The Balaban J connectivity index is 2.01. The maximum atomic E-state index is 10.6. The molecule has 0 amide bonds. The van der Waals surface area contributed by atoms with Crippen LogP contribution in [0, 0.1) is 6.92 Å². The highest BCUT2D eigenvalue weighted by Gasteiger charge is 2.19. The van der Waals surface area contributed by atoms with Gasteiger partial charge in [0.2, 0.25) is 0 Å². The third-order valence-corrected chi connectivity index (χ3v) is 4.15. The largest absolute Gasteiger partial charge is 0.491 e. The van der Waals surface area contributed by atoms with Gasteiger partial charge < -0.3 is 24.2 Å². The Kier molecular flexibility index (Phi) is 9.11. The van der Waals surface area contributed by atoms with Gasteiger partial charge in [-0.25, -0.2) is 0 Å². The first-order valence-corrected chi connectivity index (χ1v) is 9.53. The summed E-state index contributed by atoms with van der Waals surface area (Å²) in [5.74, 6) is 0.796. The zero-order valence-electron chi connectivity index (χ0n) is 16.5. The van der Waals surface area contributed by atoms with Crippen LogP contribution < -0.4 is 9.64 Å². The fourth-order valence-electron chi connectivity index (χ4n) is 2.84. The number of anilines is 1. The van der Waals surface area contributed by atoms with E-state index in [2.05, 4.69) is 4.90 Å². The van der Waals surface area contributed by atoms with E-state index in [9.17, 15) is 5.11 Å². The molecule has 0 heterocycles. The van der Waals surface area contributed by atoms with Crippen LogP contribution in [-0.4, -0.2) is 50.4 Å². The molecule has 0 aliphatic heterocycles. The first kappa shape index (κ1) is 21.2. The number of aliphatic hydroxyl groups is 1. The molecule has 1 atom stereocenters. The Morgan fingerprint density at radius 1 is 0.889 bits per heavy atom. The topological polar surface area (TPSA) is 51.2 Å². The summed E-state index contributed by atoms with van der Waals surface area (Å²) in [6, 6.07) is 17.8. The van der Waals surface area contributed by atoms with Crippen molar-refractivity contribution < 1.29 is 19.3 Å². The molecule has 0 aromatic heterocycles. The summed E-state index contributed by atoms with van der Waals surface area (Å²) in [5.41, 5.74) is 2.06. The third-order valence-electron chi connectivity index (χ3n) is 4.15. The van der Waals surface area contributed by atoms with Gasteiger partial charge in [-0.1, -0.05) is 36.4 Å². The van der Waals surface area contributed by atoms with E-state index in [1.165, 1.54) is 0 Å². The molecule has 148 valence electrons. The summed E-state index contributed by atoms with van der Waals surface area (Å²) in [4.78, 5) is 2.07. The van der Waals surface area contributed by atoms with Crippen molar-refractivity contribution in [2.75, 3.05) is 37.8 Å². The first-order valence-electron chi connectivity index (χ1n) is 9.53. The predicted molar refractivity (Wildman–Crippen MR) is 108 cm³/mol. The monoisotopic (exact) mass is 373 g/mol. The van der Waals surface area contributed by atoms with Gasteiger partial charge in [-0.2, -0.15) is 0 Å². The van der Waals surface area contributed by atoms with E-state index in [4.69, 9.17) is 14.2 Å². The maximum absolute atomic E-state index is 10.6. The van der Waals surface area contributed by atoms with E-state index >= 15 is 0 Å². The van der Waals surface area contributed by atoms with Crippen molar-refractivity contribution in [3.8, 4) is 5.75 Å². The molecule has 2 aromatic carbocycles. The van der Waals surface area contributed by atoms with E-state index in [1.54, 1.807) is 0 Å². The molecule has 5 nitrogen and oxygen atoms in total. The smallest absolute Gasteiger partial charge is 0.174 e. The van der Waals surface area contributed by atoms with E-state index in [0.717, 1.165) is 17.0 Å². The summed E-state index contributed by atoms with van der Waals surface area (Å²) in [5, 5.41) is 10.6. The molecule has 2 rings (SSSR count). The molecule has 0 saturated carbocycles. The van der Waals surface area contributed by atoms with Crippen molar-refractivity contribution in [3.63, 3.8) is 0 Å². The zero-order valence-corrected chi connectivity index (χ0v) is 16.5. The summed E-state index contributed by atoms with van der Waals surface area (Å²) >= 11 is 0. The van der Waals surface area contributed by atoms with Crippen molar-refractivity contribution in [2.45, 2.75) is 33.2 Å². The van der Waals surface area contributed by atoms with Crippen LogP contribution in [0.3, 0.4) is 0 Å².